The largest absolute Gasteiger partial charge is 1.00 e. The van der Waals surface area contributed by atoms with Gasteiger partial charge in [-0.3, -0.25) is 4.55 Å². The first-order chi connectivity index (χ1) is 3.56. The third kappa shape index (κ3) is 29.0. The van der Waals surface area contributed by atoms with Crippen LogP contribution < -0.4 is 29.6 Å². The van der Waals surface area contributed by atoms with Gasteiger partial charge in [0.15, 0.2) is 0 Å². The molecular weight excluding hydrogens is 159 g/mol. The van der Waals surface area contributed by atoms with E-state index in [1.165, 1.54) is 0 Å². The van der Waals surface area contributed by atoms with Crippen LogP contribution in [0.15, 0.2) is 13.2 Å². The second-order valence-corrected chi connectivity index (χ2v) is 1.51. The molecule has 0 spiro atoms. The molecule has 5 nitrogen and oxygen atoms in total. The van der Waals surface area contributed by atoms with Crippen LogP contribution in [-0.4, -0.2) is 18.2 Å². The molecule has 0 aromatic heterocycles. The van der Waals surface area contributed by atoms with Crippen LogP contribution in [-0.2, 0) is 14.7 Å². The number of rotatable bonds is 1. The molecule has 0 atom stereocenters. The predicted octanol–water partition coefficient (Wildman–Crippen LogP) is -2.80. The van der Waals surface area contributed by atoms with Crippen molar-refractivity contribution in [1.82, 2.24) is 0 Å². The molecule has 0 aliphatic rings. The number of hydrogen-bond acceptors (Lipinski definition) is 4. The smallest absolute Gasteiger partial charge is 1.00 e. The second kappa shape index (κ2) is 8.57. The number of hydrogen-bond donors (Lipinski definition) is 2. The fourth-order valence-corrected chi connectivity index (χ4v) is 0. The molecule has 0 saturated heterocycles. The second-order valence-electron chi connectivity index (χ2n) is 0.502. The van der Waals surface area contributed by atoms with Gasteiger partial charge in [0, 0.05) is 0 Å². The summed E-state index contributed by atoms with van der Waals surface area (Å²) in [5, 5.41) is 7.06. The van der Waals surface area contributed by atoms with Crippen molar-refractivity contribution in [2.45, 2.75) is 0 Å². The average molecular weight is 166 g/mol. The molecular formula is C2H7NaO5S. The van der Waals surface area contributed by atoms with Crippen LogP contribution in [0.4, 0.5) is 0 Å². The summed E-state index contributed by atoms with van der Waals surface area (Å²) in [6.07, 6.45) is 0. The van der Waals surface area contributed by atoms with E-state index in [0.717, 1.165) is 0 Å². The Balaban J connectivity index is -0.0000000412. The van der Waals surface area contributed by atoms with Crippen molar-refractivity contribution in [3.8, 4) is 0 Å². The molecule has 9 heavy (non-hydrogen) atoms. The van der Waals surface area contributed by atoms with Crippen LogP contribution in [0.1, 0.15) is 1.43 Å². The first-order valence-electron chi connectivity index (χ1n) is 1.37. The summed E-state index contributed by atoms with van der Waals surface area (Å²) < 4.78 is 28.0. The summed E-state index contributed by atoms with van der Waals surface area (Å²) in [4.78, 5) is 0. The maximum absolute atomic E-state index is 9.08. The standard InChI is InChI=1S/C2H4.Na.H2O5S.H/c1-2;;1-5-6(2,3)4;/h1-2H2;;1H,(H,2,3,4);/q;+1;;-1. The van der Waals surface area contributed by atoms with Crippen LogP contribution >= 0.6 is 0 Å². The van der Waals surface area contributed by atoms with Gasteiger partial charge in [0.25, 0.3) is 0 Å². The average Bonchev–Trinajstić information content (AvgIpc) is 1.71. The molecule has 0 rings (SSSR count). The van der Waals surface area contributed by atoms with Crippen molar-refractivity contribution < 1.29 is 53.5 Å². The molecule has 0 amide bonds. The zero-order valence-electron chi connectivity index (χ0n) is 5.94. The zero-order chi connectivity index (χ0) is 7.21. The molecule has 52 valence electrons. The molecule has 0 saturated carbocycles. The van der Waals surface area contributed by atoms with Gasteiger partial charge in [-0.05, 0) is 0 Å². The van der Waals surface area contributed by atoms with E-state index in [1.807, 2.05) is 0 Å². The SMILES string of the molecule is C=C.O=S(=O)(O)OO.[H-].[Na+]. The maximum Gasteiger partial charge on any atom is 1.00 e. The van der Waals surface area contributed by atoms with Gasteiger partial charge in [0.05, 0.1) is 0 Å². The zero-order valence-corrected chi connectivity index (χ0v) is 7.76. The summed E-state index contributed by atoms with van der Waals surface area (Å²) in [7, 11) is -4.61. The van der Waals surface area contributed by atoms with Crippen molar-refractivity contribution in [2.24, 2.45) is 0 Å². The molecule has 0 radical (unpaired) electrons. The third-order valence-electron chi connectivity index (χ3n) is 0.0942. The van der Waals surface area contributed by atoms with Gasteiger partial charge in [-0.2, -0.15) is 8.42 Å². The molecule has 0 aromatic rings. The summed E-state index contributed by atoms with van der Waals surface area (Å²) in [6, 6.07) is 0. The Bertz CT molecular complexity index is 133. The maximum atomic E-state index is 9.08. The molecule has 0 fully saturated rings. The van der Waals surface area contributed by atoms with E-state index >= 15 is 0 Å². The Kier molecular flexibility index (Phi) is 15.5. The fourth-order valence-electron chi connectivity index (χ4n) is 0. The van der Waals surface area contributed by atoms with E-state index in [4.69, 9.17) is 18.2 Å². The molecule has 0 aliphatic carbocycles. The van der Waals surface area contributed by atoms with E-state index in [1.54, 1.807) is 0 Å². The molecule has 0 unspecified atom stereocenters. The van der Waals surface area contributed by atoms with Gasteiger partial charge in [-0.1, -0.05) is 4.33 Å². The third-order valence-corrected chi connectivity index (χ3v) is 0.283. The van der Waals surface area contributed by atoms with Crippen molar-refractivity contribution in [1.29, 1.82) is 0 Å². The van der Waals surface area contributed by atoms with Gasteiger partial charge in [0.2, 0.25) is 0 Å². The minimum absolute atomic E-state index is 0. The summed E-state index contributed by atoms with van der Waals surface area (Å²) >= 11 is 0. The van der Waals surface area contributed by atoms with E-state index in [2.05, 4.69) is 17.5 Å². The first kappa shape index (κ1) is 16.3. The van der Waals surface area contributed by atoms with Gasteiger partial charge in [-0.15, -0.1) is 13.2 Å². The monoisotopic (exact) mass is 166 g/mol. The molecule has 0 heterocycles. The molecule has 0 bridgehead atoms. The van der Waals surface area contributed by atoms with Gasteiger partial charge < -0.3 is 1.43 Å². The Morgan fingerprint density at radius 1 is 1.44 bits per heavy atom. The summed E-state index contributed by atoms with van der Waals surface area (Å²) in [6.45, 7) is 6.00. The van der Waals surface area contributed by atoms with Gasteiger partial charge in [0.1, 0.15) is 0 Å². The Morgan fingerprint density at radius 3 is 1.56 bits per heavy atom. The van der Waals surface area contributed by atoms with Crippen LogP contribution in [0.2, 0.25) is 0 Å². The minimum Gasteiger partial charge on any atom is -1.00 e. The van der Waals surface area contributed by atoms with E-state index in [-0.39, 0.29) is 31.0 Å². The summed E-state index contributed by atoms with van der Waals surface area (Å²) in [5.41, 5.74) is 0. The Hall–Kier alpha value is 0.570. The summed E-state index contributed by atoms with van der Waals surface area (Å²) in [5.74, 6) is 0. The molecule has 0 aliphatic heterocycles. The normalized spacial score (nSPS) is 8.22. The van der Waals surface area contributed by atoms with Crippen LogP contribution in [0.3, 0.4) is 0 Å². The van der Waals surface area contributed by atoms with E-state index in [0.29, 0.717) is 0 Å². The predicted molar refractivity (Wildman–Crippen MR) is 27.6 cm³/mol. The minimum atomic E-state index is -4.61. The van der Waals surface area contributed by atoms with Crippen molar-refractivity contribution in [2.75, 3.05) is 0 Å². The van der Waals surface area contributed by atoms with Crippen molar-refractivity contribution >= 4 is 10.4 Å². The van der Waals surface area contributed by atoms with Crippen LogP contribution in [0.5, 0.6) is 0 Å². The van der Waals surface area contributed by atoms with E-state index in [9.17, 15) is 0 Å². The topological polar surface area (TPSA) is 83.8 Å². The van der Waals surface area contributed by atoms with Crippen LogP contribution in [0, 0.1) is 0 Å². The van der Waals surface area contributed by atoms with Gasteiger partial charge >= 0.3 is 40.0 Å². The Labute approximate surface area is 77.0 Å². The Morgan fingerprint density at radius 2 is 1.56 bits per heavy atom. The van der Waals surface area contributed by atoms with Crippen molar-refractivity contribution in [3.05, 3.63) is 13.2 Å². The fraction of sp³-hybridized carbons (Fsp3) is 0. The molecule has 0 aromatic carbocycles. The van der Waals surface area contributed by atoms with Gasteiger partial charge in [-0.25, -0.2) is 5.26 Å². The first-order valence-corrected chi connectivity index (χ1v) is 2.73. The quantitative estimate of drug-likeness (QED) is 0.144. The van der Waals surface area contributed by atoms with E-state index < -0.39 is 10.4 Å². The molecule has 2 N–H and O–H groups in total. The van der Waals surface area contributed by atoms with Crippen molar-refractivity contribution in [3.63, 3.8) is 0 Å². The molecule has 7 heteroatoms. The van der Waals surface area contributed by atoms with Crippen LogP contribution in [0.25, 0.3) is 0 Å².